The third-order valence-electron chi connectivity index (χ3n) is 1.75. The Bertz CT molecular complexity index is 362. The third-order valence-corrected chi connectivity index (χ3v) is 1.75. The maximum Gasteiger partial charge on any atom is 0.104 e. The van der Waals surface area contributed by atoms with Gasteiger partial charge in [0.15, 0.2) is 0 Å². The standard InChI is InChI=1S/C8H11N5/c1-7-3-4-13(10-7)6-8-5-9-12(2)11-8/h3-5H,6H2,1-2H3. The summed E-state index contributed by atoms with van der Waals surface area (Å²) in [5.41, 5.74) is 1.94. The van der Waals surface area contributed by atoms with Gasteiger partial charge >= 0.3 is 0 Å². The molecule has 5 nitrogen and oxygen atoms in total. The molecule has 2 aromatic rings. The molecule has 0 saturated heterocycles. The second kappa shape index (κ2) is 3.01. The molecule has 5 heteroatoms. The van der Waals surface area contributed by atoms with Crippen LogP contribution in [0.2, 0.25) is 0 Å². The molecule has 0 spiro atoms. The van der Waals surface area contributed by atoms with Crippen LogP contribution < -0.4 is 0 Å². The van der Waals surface area contributed by atoms with Crippen LogP contribution in [0.15, 0.2) is 18.5 Å². The van der Waals surface area contributed by atoms with Crippen molar-refractivity contribution in [2.45, 2.75) is 13.5 Å². The lowest BCUT2D eigenvalue weighted by atomic mass is 10.5. The van der Waals surface area contributed by atoms with Gasteiger partial charge in [-0.1, -0.05) is 0 Å². The smallest absolute Gasteiger partial charge is 0.104 e. The summed E-state index contributed by atoms with van der Waals surface area (Å²) in [7, 11) is 1.80. The van der Waals surface area contributed by atoms with Crippen LogP contribution in [0.25, 0.3) is 0 Å². The zero-order chi connectivity index (χ0) is 9.26. The molecule has 0 aliphatic carbocycles. The Hall–Kier alpha value is -1.65. The highest BCUT2D eigenvalue weighted by Gasteiger charge is 1.99. The molecule has 0 fully saturated rings. The molecule has 0 amide bonds. The Morgan fingerprint density at radius 2 is 2.23 bits per heavy atom. The quantitative estimate of drug-likeness (QED) is 0.665. The van der Waals surface area contributed by atoms with Crippen molar-refractivity contribution in [2.75, 3.05) is 0 Å². The Labute approximate surface area is 76.0 Å². The first kappa shape index (κ1) is 7.97. The minimum Gasteiger partial charge on any atom is -0.266 e. The van der Waals surface area contributed by atoms with E-state index in [9.17, 15) is 0 Å². The lowest BCUT2D eigenvalue weighted by Gasteiger charge is -1.95. The fraction of sp³-hybridized carbons (Fsp3) is 0.375. The van der Waals surface area contributed by atoms with E-state index in [0.29, 0.717) is 6.54 Å². The van der Waals surface area contributed by atoms with E-state index in [4.69, 9.17) is 0 Å². The van der Waals surface area contributed by atoms with Gasteiger partial charge in [-0.2, -0.15) is 20.1 Å². The summed E-state index contributed by atoms with van der Waals surface area (Å²) in [6, 6.07) is 1.97. The van der Waals surface area contributed by atoms with Gasteiger partial charge < -0.3 is 0 Å². The van der Waals surface area contributed by atoms with Crippen LogP contribution >= 0.6 is 0 Å². The maximum absolute atomic E-state index is 4.25. The van der Waals surface area contributed by atoms with Crippen LogP contribution in [0, 0.1) is 6.92 Å². The maximum atomic E-state index is 4.25. The molecule has 0 radical (unpaired) electrons. The number of hydrogen-bond acceptors (Lipinski definition) is 3. The van der Waals surface area contributed by atoms with Gasteiger partial charge in [0.25, 0.3) is 0 Å². The fourth-order valence-corrected chi connectivity index (χ4v) is 1.18. The summed E-state index contributed by atoms with van der Waals surface area (Å²) in [4.78, 5) is 1.55. The van der Waals surface area contributed by atoms with E-state index in [2.05, 4.69) is 15.3 Å². The first-order valence-electron chi connectivity index (χ1n) is 4.09. The second-order valence-electron chi connectivity index (χ2n) is 2.98. The van der Waals surface area contributed by atoms with E-state index in [1.54, 1.807) is 18.0 Å². The molecule has 2 heterocycles. The Kier molecular flexibility index (Phi) is 1.84. The summed E-state index contributed by atoms with van der Waals surface area (Å²) in [6.45, 7) is 2.65. The van der Waals surface area contributed by atoms with E-state index in [-0.39, 0.29) is 0 Å². The molecule has 0 atom stereocenters. The number of aryl methyl sites for hydroxylation is 2. The summed E-state index contributed by atoms with van der Waals surface area (Å²) in [5.74, 6) is 0. The minimum absolute atomic E-state index is 0.682. The Balaban J connectivity index is 2.14. The van der Waals surface area contributed by atoms with Crippen molar-refractivity contribution < 1.29 is 0 Å². The molecule has 2 aromatic heterocycles. The second-order valence-corrected chi connectivity index (χ2v) is 2.98. The van der Waals surface area contributed by atoms with Gasteiger partial charge in [0.05, 0.1) is 18.4 Å². The highest BCUT2D eigenvalue weighted by molar-refractivity contribution is 4.98. The van der Waals surface area contributed by atoms with Crippen LogP contribution in [-0.4, -0.2) is 24.8 Å². The molecule has 0 aliphatic rings. The number of nitrogens with zero attached hydrogens (tertiary/aromatic N) is 5. The SMILES string of the molecule is Cc1ccn(Cc2cnn(C)n2)n1. The van der Waals surface area contributed by atoms with Crippen molar-refractivity contribution in [1.29, 1.82) is 0 Å². The topological polar surface area (TPSA) is 48.5 Å². The van der Waals surface area contributed by atoms with Crippen molar-refractivity contribution in [1.82, 2.24) is 24.8 Å². The first-order valence-corrected chi connectivity index (χ1v) is 4.09. The van der Waals surface area contributed by atoms with E-state index in [1.165, 1.54) is 0 Å². The third kappa shape index (κ3) is 1.74. The predicted molar refractivity (Wildman–Crippen MR) is 47.1 cm³/mol. The summed E-state index contributed by atoms with van der Waals surface area (Å²) < 4.78 is 1.85. The largest absolute Gasteiger partial charge is 0.266 e. The molecule has 2 rings (SSSR count). The molecule has 0 unspecified atom stereocenters. The molecule has 68 valence electrons. The van der Waals surface area contributed by atoms with Gasteiger partial charge in [0, 0.05) is 13.2 Å². The molecule has 0 saturated carbocycles. The van der Waals surface area contributed by atoms with Crippen molar-refractivity contribution in [2.24, 2.45) is 7.05 Å². The van der Waals surface area contributed by atoms with Crippen LogP contribution in [0.5, 0.6) is 0 Å². The lowest BCUT2D eigenvalue weighted by molar-refractivity contribution is 0.618. The molecular formula is C8H11N5. The van der Waals surface area contributed by atoms with Gasteiger partial charge in [0.1, 0.15) is 5.69 Å². The number of aromatic nitrogens is 5. The van der Waals surface area contributed by atoms with Gasteiger partial charge in [0.2, 0.25) is 0 Å². The lowest BCUT2D eigenvalue weighted by Crippen LogP contribution is -2.02. The molecular weight excluding hydrogens is 166 g/mol. The average molecular weight is 177 g/mol. The zero-order valence-corrected chi connectivity index (χ0v) is 7.68. The van der Waals surface area contributed by atoms with Crippen LogP contribution in [0.4, 0.5) is 0 Å². The van der Waals surface area contributed by atoms with E-state index < -0.39 is 0 Å². The Morgan fingerprint density at radius 3 is 2.77 bits per heavy atom. The summed E-state index contributed by atoms with van der Waals surface area (Å²) in [5, 5.41) is 12.4. The normalized spacial score (nSPS) is 10.6. The van der Waals surface area contributed by atoms with E-state index in [1.807, 2.05) is 23.9 Å². The van der Waals surface area contributed by atoms with Gasteiger partial charge in [-0.05, 0) is 13.0 Å². The van der Waals surface area contributed by atoms with Crippen LogP contribution in [0.3, 0.4) is 0 Å². The predicted octanol–water partition coefficient (Wildman–Crippen LogP) is 0.368. The molecule has 0 bridgehead atoms. The van der Waals surface area contributed by atoms with Crippen LogP contribution in [-0.2, 0) is 13.6 Å². The average Bonchev–Trinajstić information content (AvgIpc) is 2.62. The molecule has 0 aromatic carbocycles. The molecule has 13 heavy (non-hydrogen) atoms. The van der Waals surface area contributed by atoms with E-state index >= 15 is 0 Å². The number of rotatable bonds is 2. The highest BCUT2D eigenvalue weighted by Crippen LogP contribution is 1.97. The van der Waals surface area contributed by atoms with Gasteiger partial charge in [-0.3, -0.25) is 4.68 Å². The van der Waals surface area contributed by atoms with Gasteiger partial charge in [-0.15, -0.1) is 0 Å². The highest BCUT2D eigenvalue weighted by atomic mass is 15.5. The van der Waals surface area contributed by atoms with Crippen molar-refractivity contribution in [3.05, 3.63) is 29.8 Å². The summed E-state index contributed by atoms with van der Waals surface area (Å²) >= 11 is 0. The number of hydrogen-bond donors (Lipinski definition) is 0. The van der Waals surface area contributed by atoms with Gasteiger partial charge in [-0.25, -0.2) is 0 Å². The van der Waals surface area contributed by atoms with Crippen molar-refractivity contribution in [3.63, 3.8) is 0 Å². The first-order chi connectivity index (χ1) is 6.24. The van der Waals surface area contributed by atoms with Crippen LogP contribution in [0.1, 0.15) is 11.4 Å². The molecule has 0 N–H and O–H groups in total. The van der Waals surface area contributed by atoms with E-state index in [0.717, 1.165) is 11.4 Å². The fourth-order valence-electron chi connectivity index (χ4n) is 1.18. The minimum atomic E-state index is 0.682. The summed E-state index contributed by atoms with van der Waals surface area (Å²) in [6.07, 6.45) is 3.68. The Morgan fingerprint density at radius 1 is 1.38 bits per heavy atom. The van der Waals surface area contributed by atoms with Crippen molar-refractivity contribution in [3.8, 4) is 0 Å². The zero-order valence-electron chi connectivity index (χ0n) is 7.68. The molecule has 0 aliphatic heterocycles. The monoisotopic (exact) mass is 177 g/mol. The van der Waals surface area contributed by atoms with Crippen molar-refractivity contribution >= 4 is 0 Å².